The average Bonchev–Trinajstić information content (AvgIpc) is 3.34. The zero-order valence-corrected chi connectivity index (χ0v) is 15.2. The Kier molecular flexibility index (Phi) is 4.71. The molecule has 0 aliphatic heterocycles. The predicted octanol–water partition coefficient (Wildman–Crippen LogP) is 5.04. The van der Waals surface area contributed by atoms with Gasteiger partial charge >= 0.3 is 12.4 Å². The first-order chi connectivity index (χ1) is 14.6. The highest BCUT2D eigenvalue weighted by Gasteiger charge is 2.41. The molecule has 1 amide bonds. The van der Waals surface area contributed by atoms with Gasteiger partial charge in [0.05, 0.1) is 17.4 Å². The number of nitrogens with zero attached hydrogens (tertiary/aromatic N) is 3. The van der Waals surface area contributed by atoms with E-state index in [9.17, 15) is 31.1 Å². The minimum atomic E-state index is -4.98. The first-order valence-electron chi connectivity index (χ1n) is 8.62. The minimum Gasteiger partial charge on any atom is -0.361 e. The Morgan fingerprint density at radius 3 is 2.52 bits per heavy atom. The molecule has 3 heterocycles. The van der Waals surface area contributed by atoms with Crippen LogP contribution < -0.4 is 5.32 Å². The van der Waals surface area contributed by atoms with Crippen LogP contribution in [0, 0.1) is 0 Å². The second kappa shape index (κ2) is 7.15. The van der Waals surface area contributed by atoms with Gasteiger partial charge in [-0.25, -0.2) is 4.68 Å². The van der Waals surface area contributed by atoms with E-state index >= 15 is 0 Å². The zero-order chi connectivity index (χ0) is 22.4. The van der Waals surface area contributed by atoms with Crippen LogP contribution in [0.5, 0.6) is 0 Å². The summed E-state index contributed by atoms with van der Waals surface area (Å²) in [5.74, 6) is -1.26. The fraction of sp³-hybridized carbons (Fsp3) is 0.105. The van der Waals surface area contributed by atoms with Crippen molar-refractivity contribution in [2.75, 3.05) is 5.32 Å². The van der Waals surface area contributed by atoms with Gasteiger partial charge in [0.25, 0.3) is 5.91 Å². The number of nitrogens with one attached hydrogen (secondary N) is 2. The van der Waals surface area contributed by atoms with Gasteiger partial charge in [0.1, 0.15) is 5.69 Å². The molecule has 0 radical (unpaired) electrons. The second-order valence-electron chi connectivity index (χ2n) is 6.41. The molecule has 0 saturated heterocycles. The maximum atomic E-state index is 13.9. The van der Waals surface area contributed by atoms with E-state index in [4.69, 9.17) is 0 Å². The molecule has 2 N–H and O–H groups in total. The second-order valence-corrected chi connectivity index (χ2v) is 6.41. The van der Waals surface area contributed by atoms with Crippen LogP contribution in [-0.2, 0) is 12.4 Å². The summed E-state index contributed by atoms with van der Waals surface area (Å²) in [5, 5.41) is 6.21. The number of hydrogen-bond donors (Lipinski definition) is 2. The fourth-order valence-corrected chi connectivity index (χ4v) is 3.09. The van der Waals surface area contributed by atoms with Crippen LogP contribution in [0.1, 0.15) is 21.7 Å². The monoisotopic (exact) mass is 439 g/mol. The Morgan fingerprint density at radius 2 is 1.81 bits per heavy atom. The molecule has 0 aliphatic carbocycles. The number of H-pyrrole nitrogens is 1. The molecule has 160 valence electrons. The van der Waals surface area contributed by atoms with Crippen molar-refractivity contribution in [1.29, 1.82) is 0 Å². The largest absolute Gasteiger partial charge is 0.434 e. The standard InChI is InChI=1S/C19H11F6N5O/c20-18(21,22)15-8-10(4-6-27-15)29-17(31)12-9-28-30(16(12)19(23,24)25)14-3-1-2-13-11(14)5-7-26-13/h1-9,26H,(H,27,29,31). The molecule has 4 aromatic rings. The Hall–Kier alpha value is -3.83. The maximum Gasteiger partial charge on any atom is 0.434 e. The Morgan fingerprint density at radius 1 is 1.03 bits per heavy atom. The lowest BCUT2D eigenvalue weighted by Gasteiger charge is -2.14. The molecule has 0 atom stereocenters. The summed E-state index contributed by atoms with van der Waals surface area (Å²) in [6.07, 6.45) is -6.70. The van der Waals surface area contributed by atoms with Gasteiger partial charge in [-0.1, -0.05) is 6.07 Å². The van der Waals surface area contributed by atoms with Gasteiger partial charge in [0.2, 0.25) is 0 Å². The van der Waals surface area contributed by atoms with E-state index in [1.165, 1.54) is 12.1 Å². The van der Waals surface area contributed by atoms with Crippen molar-refractivity contribution >= 4 is 22.5 Å². The molecular weight excluding hydrogens is 428 g/mol. The lowest BCUT2D eigenvalue weighted by atomic mass is 10.2. The van der Waals surface area contributed by atoms with E-state index in [2.05, 4.69) is 15.1 Å². The Balaban J connectivity index is 1.76. The number of carbonyl (C=O) groups is 1. The number of carbonyl (C=O) groups excluding carboxylic acids is 1. The molecule has 0 fully saturated rings. The Labute approximate surface area is 169 Å². The van der Waals surface area contributed by atoms with Gasteiger partial charge in [0, 0.05) is 29.0 Å². The molecule has 4 rings (SSSR count). The van der Waals surface area contributed by atoms with Crippen LogP contribution in [0.4, 0.5) is 32.0 Å². The number of aromatic amines is 1. The minimum absolute atomic E-state index is 0.0772. The molecule has 0 unspecified atom stereocenters. The quantitative estimate of drug-likeness (QED) is 0.440. The van der Waals surface area contributed by atoms with Gasteiger partial charge < -0.3 is 10.3 Å². The van der Waals surface area contributed by atoms with E-state index in [0.717, 1.165) is 18.5 Å². The molecule has 0 bridgehead atoms. The molecule has 0 aliphatic rings. The van der Waals surface area contributed by atoms with Gasteiger partial charge in [-0.15, -0.1) is 0 Å². The van der Waals surface area contributed by atoms with Crippen molar-refractivity contribution < 1.29 is 31.1 Å². The lowest BCUT2D eigenvalue weighted by molar-refractivity contribution is -0.143. The summed E-state index contributed by atoms with van der Waals surface area (Å²) in [6.45, 7) is 0. The summed E-state index contributed by atoms with van der Waals surface area (Å²) in [5.41, 5.74) is -3.22. The number of amides is 1. The van der Waals surface area contributed by atoms with E-state index < -0.39 is 35.2 Å². The van der Waals surface area contributed by atoms with Crippen molar-refractivity contribution in [2.45, 2.75) is 12.4 Å². The number of benzene rings is 1. The van der Waals surface area contributed by atoms with Crippen molar-refractivity contribution in [2.24, 2.45) is 0 Å². The number of fused-ring (bicyclic) bond motifs is 1. The fourth-order valence-electron chi connectivity index (χ4n) is 3.09. The lowest BCUT2D eigenvalue weighted by Crippen LogP contribution is -2.21. The Bertz CT molecular complexity index is 1270. The van der Waals surface area contributed by atoms with Gasteiger partial charge in [-0.3, -0.25) is 9.78 Å². The predicted molar refractivity (Wildman–Crippen MR) is 97.6 cm³/mol. The highest BCUT2D eigenvalue weighted by atomic mass is 19.4. The number of hydrogen-bond acceptors (Lipinski definition) is 3. The summed E-state index contributed by atoms with van der Waals surface area (Å²) < 4.78 is 80.6. The zero-order valence-electron chi connectivity index (χ0n) is 15.2. The summed E-state index contributed by atoms with van der Waals surface area (Å²) in [4.78, 5) is 18.5. The topological polar surface area (TPSA) is 75.6 Å². The first kappa shape index (κ1) is 20.4. The number of aromatic nitrogens is 4. The van der Waals surface area contributed by atoms with E-state index in [1.54, 1.807) is 18.3 Å². The van der Waals surface area contributed by atoms with Crippen LogP contribution in [0.15, 0.2) is 55.0 Å². The molecule has 31 heavy (non-hydrogen) atoms. The SMILES string of the molecule is O=C(Nc1ccnc(C(F)(F)F)c1)c1cnn(-c2cccc3[nH]ccc23)c1C(F)(F)F. The molecule has 12 heteroatoms. The van der Waals surface area contributed by atoms with Gasteiger partial charge in [-0.05, 0) is 30.3 Å². The van der Waals surface area contributed by atoms with Gasteiger partial charge in [-0.2, -0.15) is 31.4 Å². The van der Waals surface area contributed by atoms with Crippen LogP contribution in [0.25, 0.3) is 16.6 Å². The van der Waals surface area contributed by atoms with Crippen molar-refractivity contribution in [1.82, 2.24) is 19.7 Å². The van der Waals surface area contributed by atoms with Crippen molar-refractivity contribution in [3.05, 3.63) is 71.9 Å². The summed E-state index contributed by atoms with van der Waals surface area (Å²) in [6, 6.07) is 7.69. The third kappa shape index (κ3) is 3.83. The van der Waals surface area contributed by atoms with Crippen LogP contribution in [-0.4, -0.2) is 25.7 Å². The normalized spacial score (nSPS) is 12.3. The molecule has 0 saturated carbocycles. The van der Waals surface area contributed by atoms with Crippen molar-refractivity contribution in [3.63, 3.8) is 0 Å². The highest BCUT2D eigenvalue weighted by molar-refractivity contribution is 6.05. The highest BCUT2D eigenvalue weighted by Crippen LogP contribution is 2.35. The van der Waals surface area contributed by atoms with Crippen LogP contribution >= 0.6 is 0 Å². The molecular formula is C19H11F6N5O. The van der Waals surface area contributed by atoms with E-state index in [1.807, 2.05) is 5.32 Å². The van der Waals surface area contributed by atoms with E-state index in [-0.39, 0.29) is 11.4 Å². The summed E-state index contributed by atoms with van der Waals surface area (Å²) >= 11 is 0. The van der Waals surface area contributed by atoms with Crippen LogP contribution in [0.3, 0.4) is 0 Å². The van der Waals surface area contributed by atoms with Crippen molar-refractivity contribution in [3.8, 4) is 5.69 Å². The third-order valence-electron chi connectivity index (χ3n) is 4.39. The smallest absolute Gasteiger partial charge is 0.361 e. The van der Waals surface area contributed by atoms with Gasteiger partial charge in [0.15, 0.2) is 5.69 Å². The molecule has 0 spiro atoms. The number of anilines is 1. The van der Waals surface area contributed by atoms with E-state index in [0.29, 0.717) is 21.7 Å². The third-order valence-corrected chi connectivity index (χ3v) is 4.39. The number of alkyl halides is 6. The molecule has 3 aromatic heterocycles. The number of rotatable bonds is 3. The number of halogens is 6. The van der Waals surface area contributed by atoms with Crippen LogP contribution in [0.2, 0.25) is 0 Å². The number of pyridine rings is 1. The summed E-state index contributed by atoms with van der Waals surface area (Å²) in [7, 11) is 0. The average molecular weight is 439 g/mol. The molecule has 1 aromatic carbocycles. The maximum absolute atomic E-state index is 13.9. The first-order valence-corrected chi connectivity index (χ1v) is 8.62. The molecule has 6 nitrogen and oxygen atoms in total.